The molecule has 154 valence electrons. The summed E-state index contributed by atoms with van der Waals surface area (Å²) in [7, 11) is 0. The van der Waals surface area contributed by atoms with Crippen LogP contribution in [0.3, 0.4) is 0 Å². The molecule has 0 spiro atoms. The Hall–Kier alpha value is -2.56. The number of fused-ring (bicyclic) bond motifs is 1. The van der Waals surface area contributed by atoms with Gasteiger partial charge in [0.1, 0.15) is 0 Å². The van der Waals surface area contributed by atoms with E-state index < -0.39 is 0 Å². The first-order valence-corrected chi connectivity index (χ1v) is 12.4. The number of Topliss-reactive ketones (excluding diaryl/α,β-unsaturated/α-hetero) is 1. The number of thioether (sulfide) groups is 1. The Labute approximate surface area is 195 Å². The molecule has 0 aliphatic heterocycles. The van der Waals surface area contributed by atoms with Crippen LogP contribution in [0.4, 0.5) is 0 Å². The summed E-state index contributed by atoms with van der Waals surface area (Å²) in [5, 5.41) is 0. The van der Waals surface area contributed by atoms with Crippen LogP contribution in [-0.2, 0) is 6.42 Å². The zero-order valence-electron chi connectivity index (χ0n) is 17.2. The first-order valence-electron chi connectivity index (χ1n) is 10.4. The summed E-state index contributed by atoms with van der Waals surface area (Å²) in [6.45, 7) is 0. The van der Waals surface area contributed by atoms with E-state index in [2.05, 4.69) is 106 Å². The number of hydrogen-bond acceptors (Lipinski definition) is 2. The Balaban J connectivity index is 1.68. The third-order valence-corrected chi connectivity index (χ3v) is 7.29. The smallest absolute Gasteiger partial charge is 0.165 e. The molecule has 2 nitrogen and oxygen atoms in total. The SMILES string of the molecule is CSc1ccc(-n2c(-c3ccc(Br)cc3)cc3c2C[C@H](c2ccccc2)CC3=O)cc1. The number of carbonyl (C=O) groups is 1. The van der Waals surface area contributed by atoms with E-state index in [1.165, 1.54) is 10.5 Å². The second-order valence-electron chi connectivity index (χ2n) is 7.87. The Morgan fingerprint density at radius 1 is 0.903 bits per heavy atom. The van der Waals surface area contributed by atoms with Gasteiger partial charge in [-0.25, -0.2) is 0 Å². The lowest BCUT2D eigenvalue weighted by molar-refractivity contribution is 0.0963. The fraction of sp³-hybridized carbons (Fsp3) is 0.148. The third-order valence-electron chi connectivity index (χ3n) is 6.02. The van der Waals surface area contributed by atoms with E-state index in [4.69, 9.17) is 0 Å². The van der Waals surface area contributed by atoms with Crippen molar-refractivity contribution >= 4 is 33.5 Å². The highest BCUT2D eigenvalue weighted by Gasteiger charge is 2.31. The number of nitrogens with zero attached hydrogens (tertiary/aromatic N) is 1. The molecule has 1 heterocycles. The molecule has 1 aliphatic rings. The molecule has 0 saturated carbocycles. The van der Waals surface area contributed by atoms with Crippen molar-refractivity contribution in [3.8, 4) is 16.9 Å². The maximum Gasteiger partial charge on any atom is 0.165 e. The molecule has 0 fully saturated rings. The first-order chi connectivity index (χ1) is 15.1. The van der Waals surface area contributed by atoms with Gasteiger partial charge in [0.05, 0.1) is 5.69 Å². The number of benzene rings is 3. The van der Waals surface area contributed by atoms with Gasteiger partial charge in [-0.15, -0.1) is 11.8 Å². The number of halogens is 1. The van der Waals surface area contributed by atoms with Crippen molar-refractivity contribution in [2.45, 2.75) is 23.7 Å². The van der Waals surface area contributed by atoms with Crippen LogP contribution in [0.25, 0.3) is 16.9 Å². The normalized spacial score (nSPS) is 15.7. The summed E-state index contributed by atoms with van der Waals surface area (Å²) in [4.78, 5) is 14.5. The zero-order valence-corrected chi connectivity index (χ0v) is 19.6. The monoisotopic (exact) mass is 487 g/mol. The van der Waals surface area contributed by atoms with Gasteiger partial charge in [0.25, 0.3) is 0 Å². The quantitative estimate of drug-likeness (QED) is 0.277. The third kappa shape index (κ3) is 3.90. The molecule has 0 unspecified atom stereocenters. The van der Waals surface area contributed by atoms with Crippen LogP contribution in [0.1, 0.15) is 34.0 Å². The molecule has 4 aromatic rings. The molecule has 1 atom stereocenters. The van der Waals surface area contributed by atoms with Crippen molar-refractivity contribution in [2.24, 2.45) is 0 Å². The number of hydrogen-bond donors (Lipinski definition) is 0. The van der Waals surface area contributed by atoms with Gasteiger partial charge in [-0.3, -0.25) is 4.79 Å². The molecule has 0 N–H and O–H groups in total. The van der Waals surface area contributed by atoms with Crippen LogP contribution in [0.2, 0.25) is 0 Å². The van der Waals surface area contributed by atoms with Crippen LogP contribution in [-0.4, -0.2) is 16.6 Å². The van der Waals surface area contributed by atoms with Crippen molar-refractivity contribution in [1.82, 2.24) is 4.57 Å². The van der Waals surface area contributed by atoms with Crippen LogP contribution in [0.15, 0.2) is 94.3 Å². The summed E-state index contributed by atoms with van der Waals surface area (Å²) in [5.41, 5.74) is 6.47. The lowest BCUT2D eigenvalue weighted by Crippen LogP contribution is -2.20. The molecule has 0 radical (unpaired) electrons. The van der Waals surface area contributed by atoms with E-state index in [1.54, 1.807) is 11.8 Å². The van der Waals surface area contributed by atoms with Crippen molar-refractivity contribution in [3.63, 3.8) is 0 Å². The van der Waals surface area contributed by atoms with Crippen molar-refractivity contribution < 1.29 is 4.79 Å². The molecule has 0 bridgehead atoms. The predicted octanol–water partition coefficient (Wildman–Crippen LogP) is 7.54. The molecular weight excluding hydrogens is 466 g/mol. The summed E-state index contributed by atoms with van der Waals surface area (Å²) in [6.07, 6.45) is 3.50. The Morgan fingerprint density at radius 2 is 1.61 bits per heavy atom. The first kappa shape index (κ1) is 20.3. The van der Waals surface area contributed by atoms with E-state index in [0.717, 1.165) is 39.1 Å². The minimum atomic E-state index is 0.207. The van der Waals surface area contributed by atoms with E-state index in [1.807, 2.05) is 6.07 Å². The highest BCUT2D eigenvalue weighted by Crippen LogP contribution is 2.39. The van der Waals surface area contributed by atoms with E-state index in [9.17, 15) is 4.79 Å². The Bertz CT molecular complexity index is 1230. The molecule has 4 heteroatoms. The van der Waals surface area contributed by atoms with E-state index in [-0.39, 0.29) is 11.7 Å². The van der Waals surface area contributed by atoms with Gasteiger partial charge < -0.3 is 4.57 Å². The highest BCUT2D eigenvalue weighted by atomic mass is 79.9. The van der Waals surface area contributed by atoms with Crippen molar-refractivity contribution in [2.75, 3.05) is 6.26 Å². The lowest BCUT2D eigenvalue weighted by atomic mass is 9.82. The fourth-order valence-corrected chi connectivity index (χ4v) is 5.13. The Morgan fingerprint density at radius 3 is 2.29 bits per heavy atom. The summed E-state index contributed by atoms with van der Waals surface area (Å²) in [5.74, 6) is 0.436. The van der Waals surface area contributed by atoms with Gasteiger partial charge in [0, 0.05) is 32.7 Å². The molecule has 0 amide bonds. The fourth-order valence-electron chi connectivity index (χ4n) is 4.45. The van der Waals surface area contributed by atoms with Gasteiger partial charge in [0.15, 0.2) is 5.78 Å². The molecule has 1 aromatic heterocycles. The second kappa shape index (κ2) is 8.52. The standard InChI is InChI=1S/C27H22BrNOS/c1-31-23-13-11-22(12-14-23)29-25(19-7-9-21(28)10-8-19)17-24-26(29)15-20(16-27(24)30)18-5-3-2-4-6-18/h2-14,17,20H,15-16H2,1H3/t20-/m0/s1. The predicted molar refractivity (Wildman–Crippen MR) is 133 cm³/mol. The van der Waals surface area contributed by atoms with Gasteiger partial charge in [0.2, 0.25) is 0 Å². The molecule has 31 heavy (non-hydrogen) atoms. The molecule has 5 rings (SSSR count). The molecule has 1 aliphatic carbocycles. The van der Waals surface area contributed by atoms with E-state index >= 15 is 0 Å². The summed E-state index contributed by atoms with van der Waals surface area (Å²) >= 11 is 5.27. The molecule has 3 aromatic carbocycles. The molecule has 0 saturated heterocycles. The number of carbonyl (C=O) groups excluding carboxylic acids is 1. The minimum absolute atomic E-state index is 0.207. The van der Waals surface area contributed by atoms with E-state index in [0.29, 0.717) is 6.42 Å². The van der Waals surface area contributed by atoms with Gasteiger partial charge in [-0.05, 0) is 72.2 Å². The summed E-state index contributed by atoms with van der Waals surface area (Å²) in [6, 6.07) is 29.4. The topological polar surface area (TPSA) is 22.0 Å². The van der Waals surface area contributed by atoms with Crippen molar-refractivity contribution in [3.05, 3.63) is 106 Å². The minimum Gasteiger partial charge on any atom is -0.313 e. The number of ketones is 1. The average molecular weight is 488 g/mol. The lowest BCUT2D eigenvalue weighted by Gasteiger charge is -2.24. The second-order valence-corrected chi connectivity index (χ2v) is 9.66. The zero-order chi connectivity index (χ0) is 21.4. The van der Waals surface area contributed by atoms with Gasteiger partial charge >= 0.3 is 0 Å². The van der Waals surface area contributed by atoms with Gasteiger partial charge in [-0.2, -0.15) is 0 Å². The maximum atomic E-state index is 13.2. The maximum absolute atomic E-state index is 13.2. The Kier molecular flexibility index (Phi) is 5.59. The van der Waals surface area contributed by atoms with Crippen LogP contribution >= 0.6 is 27.7 Å². The van der Waals surface area contributed by atoms with Gasteiger partial charge in [-0.1, -0.05) is 58.4 Å². The number of rotatable bonds is 4. The van der Waals surface area contributed by atoms with Crippen LogP contribution in [0, 0.1) is 0 Å². The van der Waals surface area contributed by atoms with Crippen LogP contribution < -0.4 is 0 Å². The largest absolute Gasteiger partial charge is 0.313 e. The summed E-state index contributed by atoms with van der Waals surface area (Å²) < 4.78 is 3.33. The van der Waals surface area contributed by atoms with Crippen LogP contribution in [0.5, 0.6) is 0 Å². The number of aromatic nitrogens is 1. The molecular formula is C27H22BrNOS. The highest BCUT2D eigenvalue weighted by molar-refractivity contribution is 9.10. The van der Waals surface area contributed by atoms with Crippen molar-refractivity contribution in [1.29, 1.82) is 0 Å². The average Bonchev–Trinajstić information content (AvgIpc) is 3.20.